The van der Waals surface area contributed by atoms with Crippen LogP contribution in [-0.4, -0.2) is 20.2 Å². The lowest BCUT2D eigenvalue weighted by atomic mass is 10.2. The predicted octanol–water partition coefficient (Wildman–Crippen LogP) is 2.63. The van der Waals surface area contributed by atoms with Gasteiger partial charge in [0.15, 0.2) is 5.82 Å². The highest BCUT2D eigenvalue weighted by Gasteiger charge is 2.01. The number of hydrogen-bond acceptors (Lipinski definition) is 6. The molecule has 0 radical (unpaired) electrons. The minimum Gasteiger partial charge on any atom is -0.363 e. The van der Waals surface area contributed by atoms with Crippen LogP contribution in [0.2, 0.25) is 0 Å². The Labute approximate surface area is 132 Å². The van der Waals surface area contributed by atoms with Gasteiger partial charge in [-0.15, -0.1) is 5.10 Å². The van der Waals surface area contributed by atoms with Gasteiger partial charge in [0.1, 0.15) is 5.82 Å². The quantitative estimate of drug-likeness (QED) is 0.729. The van der Waals surface area contributed by atoms with Crippen molar-refractivity contribution < 1.29 is 4.39 Å². The molecule has 23 heavy (non-hydrogen) atoms. The lowest BCUT2D eigenvalue weighted by molar-refractivity contribution is 0.627. The molecule has 7 heteroatoms. The van der Waals surface area contributed by atoms with Crippen LogP contribution in [0.4, 0.5) is 16.2 Å². The first-order valence-corrected chi connectivity index (χ1v) is 7.11. The highest BCUT2D eigenvalue weighted by atomic mass is 19.1. The van der Waals surface area contributed by atoms with E-state index in [0.29, 0.717) is 24.9 Å². The molecule has 0 unspecified atom stereocenters. The average Bonchev–Trinajstić information content (AvgIpc) is 2.61. The normalized spacial score (nSPS) is 10.3. The third-order valence-corrected chi connectivity index (χ3v) is 3.10. The monoisotopic (exact) mass is 310 g/mol. The molecule has 0 amide bonds. The van der Waals surface area contributed by atoms with Gasteiger partial charge in [-0.2, -0.15) is 10.1 Å². The van der Waals surface area contributed by atoms with Gasteiger partial charge in [0.25, 0.3) is 0 Å². The van der Waals surface area contributed by atoms with Gasteiger partial charge in [-0.3, -0.25) is 4.98 Å². The first-order valence-electron chi connectivity index (χ1n) is 7.11. The SMILES string of the molecule is Fc1ccc(CNc2nncc(NCc3ccccn3)n2)cc1. The number of hydrogen-bond donors (Lipinski definition) is 2. The summed E-state index contributed by atoms with van der Waals surface area (Å²) in [6.07, 6.45) is 3.29. The summed E-state index contributed by atoms with van der Waals surface area (Å²) >= 11 is 0. The summed E-state index contributed by atoms with van der Waals surface area (Å²) in [6.45, 7) is 1.04. The number of nitrogens with zero attached hydrogens (tertiary/aromatic N) is 4. The Kier molecular flexibility index (Phi) is 4.68. The standard InChI is InChI=1S/C16H15FN6/c17-13-6-4-12(5-7-13)9-20-16-22-15(11-21-23-16)19-10-14-3-1-2-8-18-14/h1-8,11H,9-10H2,(H2,19,20,22,23). The van der Waals surface area contributed by atoms with Crippen molar-refractivity contribution >= 4 is 11.8 Å². The zero-order valence-electron chi connectivity index (χ0n) is 12.3. The molecular weight excluding hydrogens is 295 g/mol. The van der Waals surface area contributed by atoms with Gasteiger partial charge >= 0.3 is 0 Å². The number of benzene rings is 1. The van der Waals surface area contributed by atoms with Crippen LogP contribution in [0.15, 0.2) is 54.9 Å². The van der Waals surface area contributed by atoms with Crippen LogP contribution in [0.1, 0.15) is 11.3 Å². The van der Waals surface area contributed by atoms with Crippen molar-refractivity contribution in [2.24, 2.45) is 0 Å². The maximum Gasteiger partial charge on any atom is 0.244 e. The molecule has 3 rings (SSSR count). The van der Waals surface area contributed by atoms with Crippen LogP contribution in [0, 0.1) is 5.82 Å². The van der Waals surface area contributed by atoms with Crippen LogP contribution in [0.3, 0.4) is 0 Å². The van der Waals surface area contributed by atoms with E-state index in [2.05, 4.69) is 30.8 Å². The third kappa shape index (κ3) is 4.44. The predicted molar refractivity (Wildman–Crippen MR) is 85.1 cm³/mol. The lowest BCUT2D eigenvalue weighted by Gasteiger charge is -2.07. The molecule has 6 nitrogen and oxygen atoms in total. The third-order valence-electron chi connectivity index (χ3n) is 3.10. The minimum absolute atomic E-state index is 0.257. The number of rotatable bonds is 6. The smallest absolute Gasteiger partial charge is 0.244 e. The Morgan fingerprint density at radius 3 is 2.61 bits per heavy atom. The fourth-order valence-electron chi connectivity index (χ4n) is 1.93. The van der Waals surface area contributed by atoms with E-state index in [1.54, 1.807) is 24.5 Å². The first-order chi connectivity index (χ1) is 11.3. The molecule has 0 aliphatic carbocycles. The zero-order chi connectivity index (χ0) is 15.9. The largest absolute Gasteiger partial charge is 0.363 e. The Balaban J connectivity index is 1.57. The molecule has 0 bridgehead atoms. The van der Waals surface area contributed by atoms with Crippen LogP contribution < -0.4 is 10.6 Å². The number of anilines is 2. The van der Waals surface area contributed by atoms with Crippen molar-refractivity contribution in [3.8, 4) is 0 Å². The molecule has 0 saturated carbocycles. The number of aromatic nitrogens is 4. The van der Waals surface area contributed by atoms with Crippen molar-refractivity contribution in [2.45, 2.75) is 13.1 Å². The molecule has 3 aromatic rings. The van der Waals surface area contributed by atoms with Crippen molar-refractivity contribution in [3.63, 3.8) is 0 Å². The van der Waals surface area contributed by atoms with Gasteiger partial charge in [-0.05, 0) is 29.8 Å². The summed E-state index contributed by atoms with van der Waals surface area (Å²) in [5.74, 6) is 0.750. The Hall–Kier alpha value is -3.09. The molecule has 0 fully saturated rings. The number of nitrogens with one attached hydrogen (secondary N) is 2. The highest BCUT2D eigenvalue weighted by Crippen LogP contribution is 2.08. The fraction of sp³-hybridized carbons (Fsp3) is 0.125. The van der Waals surface area contributed by atoms with Gasteiger partial charge in [0.05, 0.1) is 18.4 Å². The highest BCUT2D eigenvalue weighted by molar-refractivity contribution is 5.37. The molecule has 0 atom stereocenters. The van der Waals surface area contributed by atoms with Crippen molar-refractivity contribution in [1.82, 2.24) is 20.2 Å². The lowest BCUT2D eigenvalue weighted by Crippen LogP contribution is -2.08. The molecule has 0 spiro atoms. The van der Waals surface area contributed by atoms with Crippen LogP contribution >= 0.6 is 0 Å². The van der Waals surface area contributed by atoms with Crippen molar-refractivity contribution in [1.29, 1.82) is 0 Å². The van der Waals surface area contributed by atoms with Gasteiger partial charge < -0.3 is 10.6 Å². The topological polar surface area (TPSA) is 75.6 Å². The molecule has 0 saturated heterocycles. The van der Waals surface area contributed by atoms with Gasteiger partial charge in [0.2, 0.25) is 5.95 Å². The average molecular weight is 310 g/mol. The fourth-order valence-corrected chi connectivity index (χ4v) is 1.93. The van der Waals surface area contributed by atoms with E-state index in [0.717, 1.165) is 11.3 Å². The summed E-state index contributed by atoms with van der Waals surface area (Å²) in [7, 11) is 0. The molecular formula is C16H15FN6. The summed E-state index contributed by atoms with van der Waals surface area (Å²) < 4.78 is 12.9. The van der Waals surface area contributed by atoms with Crippen LogP contribution in [0.25, 0.3) is 0 Å². The number of pyridine rings is 1. The first kappa shape index (κ1) is 14.8. The van der Waals surface area contributed by atoms with Crippen molar-refractivity contribution in [3.05, 3.63) is 71.9 Å². The summed E-state index contributed by atoms with van der Waals surface area (Å²) in [5, 5.41) is 14.0. The van der Waals surface area contributed by atoms with E-state index in [4.69, 9.17) is 0 Å². The minimum atomic E-state index is -0.257. The van der Waals surface area contributed by atoms with Crippen molar-refractivity contribution in [2.75, 3.05) is 10.6 Å². The Bertz CT molecular complexity index is 748. The maximum atomic E-state index is 12.9. The van der Waals surface area contributed by atoms with E-state index >= 15 is 0 Å². The second kappa shape index (κ2) is 7.26. The van der Waals surface area contributed by atoms with Crippen LogP contribution in [0.5, 0.6) is 0 Å². The second-order valence-electron chi connectivity index (χ2n) is 4.82. The summed E-state index contributed by atoms with van der Waals surface area (Å²) in [5.41, 5.74) is 1.84. The summed E-state index contributed by atoms with van der Waals surface area (Å²) in [6, 6.07) is 12.0. The molecule has 1 aromatic carbocycles. The van der Waals surface area contributed by atoms with E-state index in [1.165, 1.54) is 12.1 Å². The van der Waals surface area contributed by atoms with E-state index in [-0.39, 0.29) is 5.82 Å². The molecule has 2 N–H and O–H groups in total. The molecule has 2 heterocycles. The molecule has 0 aliphatic rings. The summed E-state index contributed by atoms with van der Waals surface area (Å²) in [4.78, 5) is 8.55. The zero-order valence-corrected chi connectivity index (χ0v) is 12.3. The van der Waals surface area contributed by atoms with Gasteiger partial charge in [-0.1, -0.05) is 18.2 Å². The molecule has 116 valence electrons. The van der Waals surface area contributed by atoms with Gasteiger partial charge in [0, 0.05) is 12.7 Å². The van der Waals surface area contributed by atoms with E-state index in [1.807, 2.05) is 18.2 Å². The number of halogens is 1. The molecule has 2 aromatic heterocycles. The Morgan fingerprint density at radius 2 is 1.83 bits per heavy atom. The van der Waals surface area contributed by atoms with E-state index < -0.39 is 0 Å². The van der Waals surface area contributed by atoms with E-state index in [9.17, 15) is 4.39 Å². The second-order valence-corrected chi connectivity index (χ2v) is 4.82. The maximum absolute atomic E-state index is 12.9. The Morgan fingerprint density at radius 1 is 0.957 bits per heavy atom. The van der Waals surface area contributed by atoms with Crippen LogP contribution in [-0.2, 0) is 13.1 Å². The van der Waals surface area contributed by atoms with Gasteiger partial charge in [-0.25, -0.2) is 4.39 Å². The molecule has 0 aliphatic heterocycles.